The second kappa shape index (κ2) is 9.26. The van der Waals surface area contributed by atoms with Gasteiger partial charge in [0, 0.05) is 17.9 Å². The van der Waals surface area contributed by atoms with Gasteiger partial charge in [-0.05, 0) is 25.5 Å². The maximum absolute atomic E-state index is 11.9. The quantitative estimate of drug-likeness (QED) is 0.797. The van der Waals surface area contributed by atoms with Crippen molar-refractivity contribution in [1.82, 2.24) is 5.32 Å². The van der Waals surface area contributed by atoms with Crippen LogP contribution in [0, 0.1) is 6.92 Å². The molecular weight excluding hydrogens is 306 g/mol. The van der Waals surface area contributed by atoms with Gasteiger partial charge in [0.1, 0.15) is 5.75 Å². The van der Waals surface area contributed by atoms with E-state index in [2.05, 4.69) is 24.4 Å². The minimum Gasteiger partial charge on any atom is -0.494 e. The molecule has 122 valence electrons. The summed E-state index contributed by atoms with van der Waals surface area (Å²) in [6.07, 6.45) is 0. The van der Waals surface area contributed by atoms with Crippen LogP contribution in [0.3, 0.4) is 0 Å². The second-order valence-corrected chi connectivity index (χ2v) is 6.28. The van der Waals surface area contributed by atoms with Crippen molar-refractivity contribution < 1.29 is 9.53 Å². The van der Waals surface area contributed by atoms with Gasteiger partial charge >= 0.3 is 0 Å². The predicted molar refractivity (Wildman–Crippen MR) is 96.8 cm³/mol. The van der Waals surface area contributed by atoms with Crippen LogP contribution in [0.1, 0.15) is 23.6 Å². The molecule has 3 nitrogen and oxygen atoms in total. The van der Waals surface area contributed by atoms with E-state index in [1.807, 2.05) is 43.3 Å². The zero-order valence-corrected chi connectivity index (χ0v) is 14.5. The number of hydrogen-bond acceptors (Lipinski definition) is 3. The van der Waals surface area contributed by atoms with E-state index in [-0.39, 0.29) is 5.91 Å². The molecule has 0 unspecified atom stereocenters. The first-order chi connectivity index (χ1) is 11.2. The first kappa shape index (κ1) is 17.4. The van der Waals surface area contributed by atoms with Gasteiger partial charge in [0.15, 0.2) is 0 Å². The van der Waals surface area contributed by atoms with Gasteiger partial charge in [0.25, 0.3) is 0 Å². The molecule has 1 amide bonds. The van der Waals surface area contributed by atoms with E-state index in [1.54, 1.807) is 11.8 Å². The molecule has 0 aliphatic carbocycles. The number of thioether (sulfide) groups is 1. The molecule has 2 aromatic rings. The van der Waals surface area contributed by atoms with Crippen LogP contribution < -0.4 is 10.1 Å². The Morgan fingerprint density at radius 2 is 1.87 bits per heavy atom. The van der Waals surface area contributed by atoms with Crippen LogP contribution in [0.25, 0.3) is 0 Å². The van der Waals surface area contributed by atoms with Crippen LogP contribution in [0.2, 0.25) is 0 Å². The predicted octanol–water partition coefficient (Wildman–Crippen LogP) is 3.94. The molecule has 0 aliphatic heterocycles. The Labute approximate surface area is 142 Å². The molecule has 2 aromatic carbocycles. The van der Waals surface area contributed by atoms with Crippen molar-refractivity contribution in [3.63, 3.8) is 0 Å². The molecule has 0 radical (unpaired) electrons. The molecule has 23 heavy (non-hydrogen) atoms. The molecule has 0 heterocycles. The van der Waals surface area contributed by atoms with E-state index in [0.717, 1.165) is 22.6 Å². The average molecular weight is 329 g/mol. The van der Waals surface area contributed by atoms with E-state index >= 15 is 0 Å². The summed E-state index contributed by atoms with van der Waals surface area (Å²) >= 11 is 1.60. The molecule has 0 aliphatic rings. The molecule has 0 saturated carbocycles. The number of benzene rings is 2. The summed E-state index contributed by atoms with van der Waals surface area (Å²) in [4.78, 5) is 11.9. The molecule has 0 aromatic heterocycles. The molecule has 0 fully saturated rings. The standard InChI is InChI=1S/C19H23NO2S/c1-3-22-18-7-5-4-6-17(18)13-23-14-19(21)20-12-16-10-8-15(2)9-11-16/h4-11H,3,12-14H2,1-2H3,(H,20,21). The zero-order valence-electron chi connectivity index (χ0n) is 13.7. The van der Waals surface area contributed by atoms with E-state index in [0.29, 0.717) is 18.9 Å². The summed E-state index contributed by atoms with van der Waals surface area (Å²) in [7, 11) is 0. The summed E-state index contributed by atoms with van der Waals surface area (Å²) in [6.45, 7) is 5.26. The first-order valence-corrected chi connectivity index (χ1v) is 8.95. The lowest BCUT2D eigenvalue weighted by Crippen LogP contribution is -2.24. The number of amides is 1. The Hall–Kier alpha value is -1.94. The van der Waals surface area contributed by atoms with E-state index < -0.39 is 0 Å². The van der Waals surface area contributed by atoms with Crippen molar-refractivity contribution in [3.8, 4) is 5.75 Å². The highest BCUT2D eigenvalue weighted by Gasteiger charge is 2.05. The minimum atomic E-state index is 0.0597. The zero-order chi connectivity index (χ0) is 16.5. The number of ether oxygens (including phenoxy) is 1. The van der Waals surface area contributed by atoms with Crippen molar-refractivity contribution in [2.24, 2.45) is 0 Å². The highest BCUT2D eigenvalue weighted by Crippen LogP contribution is 2.22. The number of aryl methyl sites for hydroxylation is 1. The van der Waals surface area contributed by atoms with E-state index in [1.165, 1.54) is 5.56 Å². The summed E-state index contributed by atoms with van der Waals surface area (Å²) in [5.41, 5.74) is 3.48. The number of para-hydroxylation sites is 1. The highest BCUT2D eigenvalue weighted by molar-refractivity contribution is 7.99. The van der Waals surface area contributed by atoms with Crippen molar-refractivity contribution in [1.29, 1.82) is 0 Å². The highest BCUT2D eigenvalue weighted by atomic mass is 32.2. The average Bonchev–Trinajstić information content (AvgIpc) is 2.56. The maximum Gasteiger partial charge on any atom is 0.230 e. The SMILES string of the molecule is CCOc1ccccc1CSCC(=O)NCc1ccc(C)cc1. The van der Waals surface area contributed by atoms with Crippen LogP contribution in [-0.4, -0.2) is 18.3 Å². The van der Waals surface area contributed by atoms with Crippen molar-refractivity contribution in [3.05, 3.63) is 65.2 Å². The van der Waals surface area contributed by atoms with Crippen molar-refractivity contribution in [2.75, 3.05) is 12.4 Å². The van der Waals surface area contributed by atoms with Gasteiger partial charge in [0.05, 0.1) is 12.4 Å². The van der Waals surface area contributed by atoms with Gasteiger partial charge in [-0.2, -0.15) is 0 Å². The normalized spacial score (nSPS) is 10.3. The Morgan fingerprint density at radius 1 is 1.13 bits per heavy atom. The van der Waals surface area contributed by atoms with Gasteiger partial charge in [-0.15, -0.1) is 11.8 Å². The summed E-state index contributed by atoms with van der Waals surface area (Å²) in [5.74, 6) is 2.19. The summed E-state index contributed by atoms with van der Waals surface area (Å²) in [6, 6.07) is 16.2. The molecule has 0 spiro atoms. The molecule has 1 N–H and O–H groups in total. The molecule has 2 rings (SSSR count). The van der Waals surface area contributed by atoms with Gasteiger partial charge < -0.3 is 10.1 Å². The fourth-order valence-corrected chi connectivity index (χ4v) is 2.98. The number of carbonyl (C=O) groups is 1. The fraction of sp³-hybridized carbons (Fsp3) is 0.316. The second-order valence-electron chi connectivity index (χ2n) is 5.30. The fourth-order valence-electron chi connectivity index (χ4n) is 2.13. The topological polar surface area (TPSA) is 38.3 Å². The molecular formula is C19H23NO2S. The summed E-state index contributed by atoms with van der Waals surface area (Å²) in [5, 5.41) is 2.95. The Morgan fingerprint density at radius 3 is 2.61 bits per heavy atom. The Kier molecular flexibility index (Phi) is 7.01. The molecule has 0 bridgehead atoms. The van der Waals surface area contributed by atoms with Crippen LogP contribution in [0.15, 0.2) is 48.5 Å². The molecule has 0 saturated heterocycles. The Balaban J connectivity index is 1.73. The van der Waals surface area contributed by atoms with Gasteiger partial charge in [-0.25, -0.2) is 0 Å². The van der Waals surface area contributed by atoms with E-state index in [4.69, 9.17) is 4.74 Å². The van der Waals surface area contributed by atoms with Crippen LogP contribution in [0.4, 0.5) is 0 Å². The lowest BCUT2D eigenvalue weighted by molar-refractivity contribution is -0.118. The number of nitrogens with one attached hydrogen (secondary N) is 1. The van der Waals surface area contributed by atoms with Crippen LogP contribution in [0.5, 0.6) is 5.75 Å². The summed E-state index contributed by atoms with van der Waals surface area (Å²) < 4.78 is 5.60. The maximum atomic E-state index is 11.9. The van der Waals surface area contributed by atoms with Crippen LogP contribution >= 0.6 is 11.8 Å². The lowest BCUT2D eigenvalue weighted by atomic mass is 10.1. The molecule has 4 heteroatoms. The smallest absolute Gasteiger partial charge is 0.230 e. The third kappa shape index (κ3) is 5.99. The largest absolute Gasteiger partial charge is 0.494 e. The number of carbonyl (C=O) groups excluding carboxylic acids is 1. The van der Waals surface area contributed by atoms with Crippen LogP contribution in [-0.2, 0) is 17.1 Å². The molecule has 0 atom stereocenters. The van der Waals surface area contributed by atoms with Gasteiger partial charge in [-0.1, -0.05) is 48.0 Å². The lowest BCUT2D eigenvalue weighted by Gasteiger charge is -2.10. The van der Waals surface area contributed by atoms with Crippen molar-refractivity contribution >= 4 is 17.7 Å². The third-order valence-electron chi connectivity index (χ3n) is 3.37. The van der Waals surface area contributed by atoms with Gasteiger partial charge in [-0.3, -0.25) is 4.79 Å². The number of rotatable bonds is 8. The third-order valence-corrected chi connectivity index (χ3v) is 4.35. The van der Waals surface area contributed by atoms with E-state index in [9.17, 15) is 4.79 Å². The first-order valence-electron chi connectivity index (χ1n) is 7.79. The van der Waals surface area contributed by atoms with Gasteiger partial charge in [0.2, 0.25) is 5.91 Å². The minimum absolute atomic E-state index is 0.0597. The van der Waals surface area contributed by atoms with Crippen molar-refractivity contribution in [2.45, 2.75) is 26.1 Å². The number of hydrogen-bond donors (Lipinski definition) is 1. The Bertz CT molecular complexity index is 626. The monoisotopic (exact) mass is 329 g/mol.